The average molecular weight is 352 g/mol. The zero-order valence-corrected chi connectivity index (χ0v) is 12.7. The maximum absolute atomic E-state index is 13.3. The highest BCUT2D eigenvalue weighted by Crippen LogP contribution is 2.33. The van der Waals surface area contributed by atoms with Crippen LogP contribution in [0.1, 0.15) is 37.9 Å². The van der Waals surface area contributed by atoms with Gasteiger partial charge in [-0.1, -0.05) is 12.1 Å². The Labute approximate surface area is 139 Å². The number of nitrogens with one attached hydrogen (secondary N) is 2. The highest BCUT2D eigenvalue weighted by molar-refractivity contribution is 6.01. The number of hydrogen-bond acceptors (Lipinski definition) is 2. The van der Waals surface area contributed by atoms with Gasteiger partial charge < -0.3 is 10.6 Å². The fraction of sp³-hybridized carbons (Fsp3) is 0.176. The topological polar surface area (TPSA) is 58.2 Å². The number of alkyl halides is 3. The molecule has 2 amide bonds. The highest BCUT2D eigenvalue weighted by Gasteiger charge is 2.42. The van der Waals surface area contributed by atoms with Gasteiger partial charge in [0.25, 0.3) is 11.8 Å². The van der Waals surface area contributed by atoms with E-state index in [1.165, 1.54) is 18.2 Å². The summed E-state index contributed by atoms with van der Waals surface area (Å²) in [4.78, 5) is 23.7. The predicted octanol–water partition coefficient (Wildman–Crippen LogP) is 3.10. The van der Waals surface area contributed by atoms with Crippen molar-refractivity contribution >= 4 is 11.8 Å². The Morgan fingerprint density at radius 2 is 1.80 bits per heavy atom. The number of carbonyl (C=O) groups is 2. The summed E-state index contributed by atoms with van der Waals surface area (Å²) in [7, 11) is 0. The van der Waals surface area contributed by atoms with E-state index in [4.69, 9.17) is 0 Å². The molecule has 0 aliphatic carbocycles. The van der Waals surface area contributed by atoms with Gasteiger partial charge in [-0.05, 0) is 41.5 Å². The van der Waals surface area contributed by atoms with Crippen LogP contribution in [-0.4, -0.2) is 18.0 Å². The Kier molecular flexibility index (Phi) is 4.20. The van der Waals surface area contributed by atoms with Gasteiger partial charge in [0.2, 0.25) is 0 Å². The molecule has 130 valence electrons. The van der Waals surface area contributed by atoms with Gasteiger partial charge in [0.1, 0.15) is 5.82 Å². The molecule has 2 N–H and O–H groups in total. The van der Waals surface area contributed by atoms with Crippen molar-refractivity contribution in [1.29, 1.82) is 0 Å². The summed E-state index contributed by atoms with van der Waals surface area (Å²) >= 11 is 0. The van der Waals surface area contributed by atoms with Gasteiger partial charge >= 0.3 is 6.18 Å². The number of hydrogen-bond donors (Lipinski definition) is 2. The molecule has 2 aromatic carbocycles. The molecule has 0 saturated heterocycles. The summed E-state index contributed by atoms with van der Waals surface area (Å²) in [5, 5.41) is 4.48. The Morgan fingerprint density at radius 3 is 2.44 bits per heavy atom. The Balaban J connectivity index is 1.86. The van der Waals surface area contributed by atoms with Gasteiger partial charge in [0.15, 0.2) is 6.04 Å². The van der Waals surface area contributed by atoms with Gasteiger partial charge in [-0.2, -0.15) is 13.2 Å². The second kappa shape index (κ2) is 6.19. The van der Waals surface area contributed by atoms with Crippen molar-refractivity contribution < 1.29 is 27.2 Å². The molecule has 0 saturated carbocycles. The van der Waals surface area contributed by atoms with E-state index in [0.717, 1.165) is 24.3 Å². The molecule has 1 aliphatic heterocycles. The smallest absolute Gasteiger partial charge is 0.348 e. The van der Waals surface area contributed by atoms with Crippen molar-refractivity contribution in [1.82, 2.24) is 10.6 Å². The highest BCUT2D eigenvalue weighted by atomic mass is 19.4. The maximum Gasteiger partial charge on any atom is 0.412 e. The van der Waals surface area contributed by atoms with Crippen molar-refractivity contribution in [2.75, 3.05) is 0 Å². The molecule has 4 nitrogen and oxygen atoms in total. The van der Waals surface area contributed by atoms with Crippen LogP contribution >= 0.6 is 0 Å². The van der Waals surface area contributed by atoms with Crippen LogP contribution in [0.4, 0.5) is 17.6 Å². The van der Waals surface area contributed by atoms with Crippen molar-refractivity contribution in [2.45, 2.75) is 18.8 Å². The molecule has 0 unspecified atom stereocenters. The summed E-state index contributed by atoms with van der Waals surface area (Å²) in [6.07, 6.45) is -4.75. The van der Waals surface area contributed by atoms with Crippen LogP contribution in [0.25, 0.3) is 0 Å². The average Bonchev–Trinajstić information content (AvgIpc) is 2.93. The zero-order chi connectivity index (χ0) is 18.2. The summed E-state index contributed by atoms with van der Waals surface area (Å²) in [6.45, 7) is 0.218. The third-order valence-corrected chi connectivity index (χ3v) is 3.86. The van der Waals surface area contributed by atoms with Crippen molar-refractivity contribution in [2.24, 2.45) is 0 Å². The molecule has 0 radical (unpaired) electrons. The lowest BCUT2D eigenvalue weighted by atomic mass is 10.0. The van der Waals surface area contributed by atoms with Crippen LogP contribution in [0, 0.1) is 5.82 Å². The third-order valence-electron chi connectivity index (χ3n) is 3.86. The number of carbonyl (C=O) groups excluding carboxylic acids is 2. The van der Waals surface area contributed by atoms with Crippen molar-refractivity contribution in [3.05, 3.63) is 70.5 Å². The van der Waals surface area contributed by atoms with Crippen molar-refractivity contribution in [3.8, 4) is 0 Å². The fourth-order valence-electron chi connectivity index (χ4n) is 2.60. The summed E-state index contributed by atoms with van der Waals surface area (Å²) in [5.41, 5.74) is 0.664. The van der Waals surface area contributed by atoms with E-state index >= 15 is 0 Å². The largest absolute Gasteiger partial charge is 0.412 e. The molecule has 0 fully saturated rings. The predicted molar refractivity (Wildman–Crippen MR) is 80.3 cm³/mol. The standard InChI is InChI=1S/C17H12F4N2O2/c18-12-4-1-9(2-5-12)14(17(19,20)21)23-15(24)10-3-6-13-11(7-10)8-22-16(13)25/h1-7,14H,8H2,(H,22,25)(H,23,24)/t14-/m1/s1. The van der Waals surface area contributed by atoms with Crippen LogP contribution in [0.15, 0.2) is 42.5 Å². The molecular formula is C17H12F4N2O2. The van der Waals surface area contributed by atoms with Crippen LogP contribution in [0.3, 0.4) is 0 Å². The molecule has 0 bridgehead atoms. The van der Waals surface area contributed by atoms with Gasteiger partial charge in [0, 0.05) is 17.7 Å². The van der Waals surface area contributed by atoms with Gasteiger partial charge in [0.05, 0.1) is 0 Å². The SMILES string of the molecule is O=C(N[C@H](c1ccc(F)cc1)C(F)(F)F)c1ccc2c(c1)CNC2=O. The minimum absolute atomic E-state index is 0.00612. The van der Waals surface area contributed by atoms with Crippen LogP contribution in [0.5, 0.6) is 0 Å². The first-order valence-corrected chi connectivity index (χ1v) is 7.30. The summed E-state index contributed by atoms with van der Waals surface area (Å²) in [6, 6.07) is 5.52. The molecular weight excluding hydrogens is 340 g/mol. The van der Waals surface area contributed by atoms with E-state index in [2.05, 4.69) is 5.32 Å². The number of rotatable bonds is 3. The maximum atomic E-state index is 13.3. The Hall–Kier alpha value is -2.90. The lowest BCUT2D eigenvalue weighted by Gasteiger charge is -2.22. The molecule has 1 heterocycles. The number of benzene rings is 2. The first kappa shape index (κ1) is 16.9. The number of halogens is 4. The van der Waals surface area contributed by atoms with E-state index in [1.807, 2.05) is 5.32 Å². The normalized spacial score (nSPS) is 14.6. The molecule has 0 spiro atoms. The number of fused-ring (bicyclic) bond motifs is 1. The van der Waals surface area contributed by atoms with E-state index in [9.17, 15) is 27.2 Å². The zero-order valence-electron chi connectivity index (χ0n) is 12.7. The Morgan fingerprint density at radius 1 is 1.12 bits per heavy atom. The van der Waals surface area contributed by atoms with Crippen LogP contribution in [-0.2, 0) is 6.54 Å². The fourth-order valence-corrected chi connectivity index (χ4v) is 2.60. The summed E-state index contributed by atoms with van der Waals surface area (Å²) < 4.78 is 52.8. The summed E-state index contributed by atoms with van der Waals surface area (Å²) in [5.74, 6) is -1.90. The monoisotopic (exact) mass is 352 g/mol. The van der Waals surface area contributed by atoms with Gasteiger partial charge in [-0.25, -0.2) is 4.39 Å². The molecule has 2 aromatic rings. The molecule has 3 rings (SSSR count). The first-order valence-electron chi connectivity index (χ1n) is 7.30. The molecule has 0 aromatic heterocycles. The van der Waals surface area contributed by atoms with E-state index < -0.39 is 23.9 Å². The third kappa shape index (κ3) is 3.47. The van der Waals surface area contributed by atoms with Crippen LogP contribution < -0.4 is 10.6 Å². The minimum atomic E-state index is -4.75. The first-order chi connectivity index (χ1) is 11.8. The number of amides is 2. The minimum Gasteiger partial charge on any atom is -0.348 e. The van der Waals surface area contributed by atoms with E-state index in [1.54, 1.807) is 0 Å². The lowest BCUT2D eigenvalue weighted by Crippen LogP contribution is -2.38. The second-order valence-electron chi connectivity index (χ2n) is 5.55. The van der Waals surface area contributed by atoms with Gasteiger partial charge in [-0.15, -0.1) is 0 Å². The molecule has 1 aliphatic rings. The lowest BCUT2D eigenvalue weighted by molar-refractivity contribution is -0.155. The van der Waals surface area contributed by atoms with Gasteiger partial charge in [-0.3, -0.25) is 9.59 Å². The van der Waals surface area contributed by atoms with E-state index in [-0.39, 0.29) is 23.6 Å². The Bertz CT molecular complexity index is 832. The van der Waals surface area contributed by atoms with Crippen molar-refractivity contribution in [3.63, 3.8) is 0 Å². The molecule has 8 heteroatoms. The quantitative estimate of drug-likeness (QED) is 0.834. The van der Waals surface area contributed by atoms with E-state index in [0.29, 0.717) is 11.1 Å². The van der Waals surface area contributed by atoms with Crippen LogP contribution in [0.2, 0.25) is 0 Å². The molecule has 25 heavy (non-hydrogen) atoms. The molecule has 1 atom stereocenters. The second-order valence-corrected chi connectivity index (χ2v) is 5.55.